The molecule has 6 nitrogen and oxygen atoms in total. The molecule has 0 fully saturated rings. The van der Waals surface area contributed by atoms with E-state index in [9.17, 15) is 0 Å². The number of nitrogens with one attached hydrogen (secondary N) is 1. The molecule has 0 saturated carbocycles. The van der Waals surface area contributed by atoms with Crippen LogP contribution in [0.2, 0.25) is 0 Å². The molecule has 0 spiro atoms. The normalized spacial score (nSPS) is 13.4. The fraction of sp³-hybridized carbons (Fsp3) is 0.200. The van der Waals surface area contributed by atoms with Crippen LogP contribution in [-0.4, -0.2) is 35.7 Å². The zero-order chi connectivity index (χ0) is 17.7. The highest BCUT2D eigenvalue weighted by Gasteiger charge is 2.24. The van der Waals surface area contributed by atoms with Crippen molar-refractivity contribution in [1.82, 2.24) is 15.0 Å². The van der Waals surface area contributed by atoms with Crippen LogP contribution in [-0.2, 0) is 6.42 Å². The van der Waals surface area contributed by atoms with E-state index in [1.54, 1.807) is 20.5 Å². The summed E-state index contributed by atoms with van der Waals surface area (Å²) < 4.78 is 10.9. The zero-order valence-electron chi connectivity index (χ0n) is 14.6. The minimum atomic E-state index is 0.667. The number of anilines is 2. The van der Waals surface area contributed by atoms with Crippen LogP contribution >= 0.6 is 0 Å². The molecule has 3 heterocycles. The molecule has 2 aromatic carbocycles. The number of aromatic nitrogens is 3. The lowest BCUT2D eigenvalue weighted by atomic mass is 10.1. The molecule has 6 heteroatoms. The summed E-state index contributed by atoms with van der Waals surface area (Å²) in [5.74, 6) is 2.24. The van der Waals surface area contributed by atoms with Gasteiger partial charge in [-0.05, 0) is 36.2 Å². The van der Waals surface area contributed by atoms with Crippen LogP contribution in [0.1, 0.15) is 5.56 Å². The predicted octanol–water partition coefficient (Wildman–Crippen LogP) is 3.82. The number of benzene rings is 2. The third kappa shape index (κ3) is 2.12. The van der Waals surface area contributed by atoms with Crippen LogP contribution in [0, 0.1) is 0 Å². The smallest absolute Gasteiger partial charge is 0.162 e. The molecule has 0 aliphatic carbocycles. The summed E-state index contributed by atoms with van der Waals surface area (Å²) in [6.07, 6.45) is 4.57. The Morgan fingerprint density at radius 3 is 2.73 bits per heavy atom. The van der Waals surface area contributed by atoms with Crippen LogP contribution in [0.15, 0.2) is 42.9 Å². The summed E-state index contributed by atoms with van der Waals surface area (Å²) in [5.41, 5.74) is 4.53. The van der Waals surface area contributed by atoms with E-state index in [2.05, 4.69) is 38.1 Å². The highest BCUT2D eigenvalue weighted by Crippen LogP contribution is 2.41. The molecule has 0 amide bonds. The van der Waals surface area contributed by atoms with E-state index in [0.29, 0.717) is 11.5 Å². The molecule has 0 unspecified atom stereocenters. The Morgan fingerprint density at radius 2 is 1.88 bits per heavy atom. The predicted molar refractivity (Wildman–Crippen MR) is 102 cm³/mol. The van der Waals surface area contributed by atoms with Crippen molar-refractivity contribution < 1.29 is 9.47 Å². The van der Waals surface area contributed by atoms with Crippen LogP contribution in [0.4, 0.5) is 11.5 Å². The summed E-state index contributed by atoms with van der Waals surface area (Å²) in [4.78, 5) is 14.6. The monoisotopic (exact) mass is 346 g/mol. The second-order valence-corrected chi connectivity index (χ2v) is 6.37. The van der Waals surface area contributed by atoms with Crippen molar-refractivity contribution in [3.05, 3.63) is 48.4 Å². The van der Waals surface area contributed by atoms with Crippen molar-refractivity contribution in [1.29, 1.82) is 0 Å². The van der Waals surface area contributed by atoms with Gasteiger partial charge >= 0.3 is 0 Å². The summed E-state index contributed by atoms with van der Waals surface area (Å²) in [6.45, 7) is 0.891. The lowest BCUT2D eigenvalue weighted by molar-refractivity contribution is 0.356. The van der Waals surface area contributed by atoms with Gasteiger partial charge in [0.2, 0.25) is 0 Å². The van der Waals surface area contributed by atoms with Gasteiger partial charge in [0.05, 0.1) is 19.7 Å². The van der Waals surface area contributed by atoms with Crippen LogP contribution in [0.5, 0.6) is 11.5 Å². The Balaban J connectivity index is 1.71. The van der Waals surface area contributed by atoms with Crippen molar-refractivity contribution in [3.8, 4) is 11.5 Å². The molecule has 5 rings (SSSR count). The molecule has 0 bridgehead atoms. The molecule has 1 aliphatic rings. The number of H-pyrrole nitrogens is 1. The van der Waals surface area contributed by atoms with Crippen LogP contribution in [0.3, 0.4) is 0 Å². The van der Waals surface area contributed by atoms with E-state index >= 15 is 0 Å². The quantitative estimate of drug-likeness (QED) is 0.611. The van der Waals surface area contributed by atoms with Crippen molar-refractivity contribution in [3.63, 3.8) is 0 Å². The largest absolute Gasteiger partial charge is 0.493 e. The summed E-state index contributed by atoms with van der Waals surface area (Å²) in [5, 5.41) is 2.15. The highest BCUT2D eigenvalue weighted by molar-refractivity contribution is 5.96. The minimum Gasteiger partial charge on any atom is -0.493 e. The van der Waals surface area contributed by atoms with E-state index < -0.39 is 0 Å². The third-order valence-electron chi connectivity index (χ3n) is 5.02. The topological polar surface area (TPSA) is 63.3 Å². The first-order chi connectivity index (χ1) is 12.8. The summed E-state index contributed by atoms with van der Waals surface area (Å²) >= 11 is 0. The van der Waals surface area contributed by atoms with Gasteiger partial charge in [0.1, 0.15) is 12.1 Å². The maximum absolute atomic E-state index is 5.48. The Labute approximate surface area is 150 Å². The zero-order valence-corrected chi connectivity index (χ0v) is 14.6. The number of hydrogen-bond donors (Lipinski definition) is 1. The summed E-state index contributed by atoms with van der Waals surface area (Å²) in [7, 11) is 3.27. The van der Waals surface area contributed by atoms with Gasteiger partial charge in [-0.1, -0.05) is 0 Å². The number of hydrogen-bond acceptors (Lipinski definition) is 5. The molecule has 2 aromatic heterocycles. The van der Waals surface area contributed by atoms with E-state index in [1.165, 1.54) is 22.2 Å². The molecular formula is C20H18N4O2. The maximum Gasteiger partial charge on any atom is 0.162 e. The van der Waals surface area contributed by atoms with Crippen molar-refractivity contribution in [2.75, 3.05) is 25.7 Å². The van der Waals surface area contributed by atoms with Gasteiger partial charge in [-0.25, -0.2) is 9.97 Å². The molecule has 0 radical (unpaired) electrons. The third-order valence-corrected chi connectivity index (χ3v) is 5.02. The number of methoxy groups -OCH3 is 2. The van der Waals surface area contributed by atoms with Crippen molar-refractivity contribution >= 4 is 33.3 Å². The van der Waals surface area contributed by atoms with Gasteiger partial charge in [-0.3, -0.25) is 0 Å². The van der Waals surface area contributed by atoms with Gasteiger partial charge in [-0.2, -0.15) is 0 Å². The van der Waals surface area contributed by atoms with Crippen molar-refractivity contribution in [2.45, 2.75) is 6.42 Å². The van der Waals surface area contributed by atoms with E-state index in [4.69, 9.17) is 9.47 Å². The Morgan fingerprint density at radius 1 is 1.04 bits per heavy atom. The van der Waals surface area contributed by atoms with Crippen LogP contribution < -0.4 is 14.4 Å². The summed E-state index contributed by atoms with van der Waals surface area (Å²) in [6, 6.07) is 10.4. The number of rotatable bonds is 3. The second-order valence-electron chi connectivity index (χ2n) is 6.37. The Hall–Kier alpha value is -3.28. The standard InChI is InChI=1S/C20H18N4O2/c1-25-18-9-14-16(10-19(18)26-2)22-11-23-20(14)24-6-4-13-7-15-12(3-5-21-15)8-17(13)24/h3,5,7-11,21H,4,6H2,1-2H3. The average molecular weight is 346 g/mol. The van der Waals surface area contributed by atoms with Crippen molar-refractivity contribution in [2.24, 2.45) is 0 Å². The maximum atomic E-state index is 5.48. The molecule has 0 saturated heterocycles. The minimum absolute atomic E-state index is 0.667. The van der Waals surface area contributed by atoms with Gasteiger partial charge < -0.3 is 19.4 Å². The first-order valence-corrected chi connectivity index (χ1v) is 8.53. The van der Waals surface area contributed by atoms with E-state index in [1.807, 2.05) is 18.3 Å². The van der Waals surface area contributed by atoms with Gasteiger partial charge in [0.25, 0.3) is 0 Å². The Bertz CT molecular complexity index is 1140. The molecular weight excluding hydrogens is 328 g/mol. The lowest BCUT2D eigenvalue weighted by Crippen LogP contribution is -2.15. The number of ether oxygens (including phenoxy) is 2. The first-order valence-electron chi connectivity index (χ1n) is 8.53. The molecule has 1 N–H and O–H groups in total. The van der Waals surface area contributed by atoms with Crippen LogP contribution in [0.25, 0.3) is 21.8 Å². The lowest BCUT2D eigenvalue weighted by Gasteiger charge is -2.20. The first kappa shape index (κ1) is 15.0. The number of nitrogens with zero attached hydrogens (tertiary/aromatic N) is 3. The van der Waals surface area contributed by atoms with Gasteiger partial charge in [-0.15, -0.1) is 0 Å². The van der Waals surface area contributed by atoms with E-state index in [-0.39, 0.29) is 0 Å². The molecule has 26 heavy (non-hydrogen) atoms. The molecule has 4 aromatic rings. The average Bonchev–Trinajstić information content (AvgIpc) is 3.30. The number of fused-ring (bicyclic) bond motifs is 3. The molecule has 1 aliphatic heterocycles. The van der Waals surface area contributed by atoms with Gasteiger partial charge in [0, 0.05) is 40.8 Å². The molecule has 130 valence electrons. The Kier molecular flexibility index (Phi) is 3.25. The number of aromatic amines is 1. The highest BCUT2D eigenvalue weighted by atomic mass is 16.5. The fourth-order valence-corrected chi connectivity index (χ4v) is 3.74. The second kappa shape index (κ2) is 5.62. The fourth-order valence-electron chi connectivity index (χ4n) is 3.74. The van der Waals surface area contributed by atoms with E-state index in [0.717, 1.165) is 29.7 Å². The molecule has 0 atom stereocenters. The van der Waals surface area contributed by atoms with Gasteiger partial charge in [0.15, 0.2) is 11.5 Å². The SMILES string of the molecule is COc1cc2ncnc(N3CCc4cc5[nH]ccc5cc43)c2cc1OC.